The van der Waals surface area contributed by atoms with E-state index in [1.807, 2.05) is 6.20 Å². The Bertz CT molecular complexity index is 248. The van der Waals surface area contributed by atoms with E-state index in [2.05, 4.69) is 10.3 Å². The molecule has 0 aliphatic carbocycles. The Morgan fingerprint density at radius 3 is 2.77 bits per heavy atom. The normalized spacial score (nSPS) is 20.5. The largest absolute Gasteiger partial charge is 0.316 e. The van der Waals surface area contributed by atoms with Crippen molar-refractivity contribution in [2.45, 2.75) is 12.3 Å². The van der Waals surface area contributed by atoms with Crippen molar-refractivity contribution in [3.8, 4) is 0 Å². The number of nitrogens with one attached hydrogen (secondary N) is 1. The van der Waals surface area contributed by atoms with Crippen molar-refractivity contribution in [3.05, 3.63) is 15.5 Å². The molecule has 6 heteroatoms. The topological polar surface area (TPSA) is 24.9 Å². The maximum atomic E-state index is 5.73. The molecule has 1 fully saturated rings. The van der Waals surface area contributed by atoms with E-state index in [0.717, 1.165) is 13.1 Å². The van der Waals surface area contributed by atoms with Gasteiger partial charge in [-0.1, -0.05) is 11.6 Å². The van der Waals surface area contributed by atoms with Gasteiger partial charge < -0.3 is 5.32 Å². The van der Waals surface area contributed by atoms with Gasteiger partial charge in [0.2, 0.25) is 0 Å². The van der Waals surface area contributed by atoms with Gasteiger partial charge in [0, 0.05) is 23.5 Å². The van der Waals surface area contributed by atoms with Crippen molar-refractivity contribution in [2.75, 3.05) is 13.1 Å². The molecule has 13 heavy (non-hydrogen) atoms. The number of hydrogen-bond acceptors (Lipinski definition) is 3. The van der Waals surface area contributed by atoms with Crippen LogP contribution < -0.4 is 5.32 Å². The molecule has 2 rings (SSSR count). The highest BCUT2D eigenvalue weighted by atomic mass is 35.5. The van der Waals surface area contributed by atoms with Crippen LogP contribution in [-0.4, -0.2) is 18.1 Å². The summed E-state index contributed by atoms with van der Waals surface area (Å²) in [5.74, 6) is 0.653. The molecule has 0 spiro atoms. The molecular formula is C7H11Cl3N2S. The molecule has 1 N–H and O–H groups in total. The van der Waals surface area contributed by atoms with E-state index >= 15 is 0 Å². The molecule has 2 heterocycles. The van der Waals surface area contributed by atoms with Crippen molar-refractivity contribution in [1.29, 1.82) is 0 Å². The summed E-state index contributed by atoms with van der Waals surface area (Å²) in [4.78, 5) is 5.34. The van der Waals surface area contributed by atoms with Crippen LogP contribution in [0.1, 0.15) is 17.2 Å². The summed E-state index contributed by atoms with van der Waals surface area (Å²) in [5.41, 5.74) is 0. The van der Waals surface area contributed by atoms with Crippen LogP contribution in [0.3, 0.4) is 0 Å². The van der Waals surface area contributed by atoms with E-state index in [0.29, 0.717) is 10.4 Å². The molecule has 1 unspecified atom stereocenters. The summed E-state index contributed by atoms with van der Waals surface area (Å²) in [6.07, 6.45) is 3.11. The lowest BCUT2D eigenvalue weighted by Crippen LogP contribution is -2.07. The first-order chi connectivity index (χ1) is 5.36. The second-order valence-electron chi connectivity index (χ2n) is 2.71. The molecule has 76 valence electrons. The number of nitrogens with zero attached hydrogens (tertiary/aromatic N) is 1. The van der Waals surface area contributed by atoms with Gasteiger partial charge in [-0.15, -0.1) is 36.2 Å². The fourth-order valence-electron chi connectivity index (χ4n) is 1.35. The van der Waals surface area contributed by atoms with Crippen LogP contribution in [-0.2, 0) is 0 Å². The van der Waals surface area contributed by atoms with Crippen LogP contribution in [0.15, 0.2) is 6.20 Å². The lowest BCUT2D eigenvalue weighted by atomic mass is 10.1. The van der Waals surface area contributed by atoms with Crippen LogP contribution in [0, 0.1) is 0 Å². The third-order valence-electron chi connectivity index (χ3n) is 1.96. The summed E-state index contributed by atoms with van der Waals surface area (Å²) < 4.78 is 0.659. The molecule has 0 amide bonds. The van der Waals surface area contributed by atoms with Gasteiger partial charge in [0.15, 0.2) is 4.47 Å². The van der Waals surface area contributed by atoms with Crippen molar-refractivity contribution in [1.82, 2.24) is 10.3 Å². The highest BCUT2D eigenvalue weighted by Crippen LogP contribution is 2.29. The Labute approximate surface area is 98.9 Å². The van der Waals surface area contributed by atoms with Crippen molar-refractivity contribution in [3.63, 3.8) is 0 Å². The zero-order valence-corrected chi connectivity index (χ0v) is 10.0. The molecule has 0 aromatic carbocycles. The Balaban J connectivity index is 0.000000720. The zero-order chi connectivity index (χ0) is 7.68. The van der Waals surface area contributed by atoms with Gasteiger partial charge in [-0.25, -0.2) is 4.98 Å². The number of halogens is 3. The van der Waals surface area contributed by atoms with E-state index in [-0.39, 0.29) is 24.8 Å². The molecule has 1 aliphatic heterocycles. The lowest BCUT2D eigenvalue weighted by molar-refractivity contribution is 0.777. The van der Waals surface area contributed by atoms with E-state index in [1.165, 1.54) is 11.3 Å². The molecule has 0 saturated carbocycles. The number of hydrogen-bond donors (Lipinski definition) is 1. The van der Waals surface area contributed by atoms with E-state index in [9.17, 15) is 0 Å². The van der Waals surface area contributed by atoms with Gasteiger partial charge in [-0.3, -0.25) is 0 Å². The lowest BCUT2D eigenvalue weighted by Gasteiger charge is -2.01. The maximum Gasteiger partial charge on any atom is 0.183 e. The molecule has 1 aliphatic rings. The minimum absolute atomic E-state index is 0. The fourth-order valence-corrected chi connectivity index (χ4v) is 2.44. The first-order valence-corrected chi connectivity index (χ1v) is 4.87. The van der Waals surface area contributed by atoms with Gasteiger partial charge in [-0.2, -0.15) is 0 Å². The molecule has 1 atom stereocenters. The number of thiazole rings is 1. The smallest absolute Gasteiger partial charge is 0.183 e. The van der Waals surface area contributed by atoms with Crippen LogP contribution in [0.2, 0.25) is 4.47 Å². The van der Waals surface area contributed by atoms with E-state index < -0.39 is 0 Å². The summed E-state index contributed by atoms with van der Waals surface area (Å²) >= 11 is 7.33. The second kappa shape index (κ2) is 6.04. The van der Waals surface area contributed by atoms with Gasteiger partial charge in [0.1, 0.15) is 0 Å². The van der Waals surface area contributed by atoms with Crippen LogP contribution >= 0.6 is 47.8 Å². The highest BCUT2D eigenvalue weighted by molar-refractivity contribution is 7.15. The Kier molecular flexibility index (Phi) is 6.25. The van der Waals surface area contributed by atoms with Crippen LogP contribution in [0.5, 0.6) is 0 Å². The molecule has 0 radical (unpaired) electrons. The molecule has 1 aromatic rings. The predicted octanol–water partition coefficient (Wildman–Crippen LogP) is 2.72. The first-order valence-electron chi connectivity index (χ1n) is 3.68. The Morgan fingerprint density at radius 1 is 1.54 bits per heavy atom. The van der Waals surface area contributed by atoms with Gasteiger partial charge in [-0.05, 0) is 13.0 Å². The van der Waals surface area contributed by atoms with Crippen LogP contribution in [0.25, 0.3) is 0 Å². The molecule has 2 nitrogen and oxygen atoms in total. The maximum absolute atomic E-state index is 5.73. The Hall–Kier alpha value is 0.460. The Morgan fingerprint density at radius 2 is 2.31 bits per heavy atom. The van der Waals surface area contributed by atoms with E-state index in [1.54, 1.807) is 11.3 Å². The molecule has 1 saturated heterocycles. The van der Waals surface area contributed by atoms with Gasteiger partial charge in [0.05, 0.1) is 0 Å². The summed E-state index contributed by atoms with van der Waals surface area (Å²) in [6.45, 7) is 2.21. The molecule has 0 bridgehead atoms. The van der Waals surface area contributed by atoms with Crippen molar-refractivity contribution < 1.29 is 0 Å². The van der Waals surface area contributed by atoms with Gasteiger partial charge in [0.25, 0.3) is 0 Å². The minimum atomic E-state index is 0. The standard InChI is InChI=1S/C7H9ClN2S.2ClH/c8-7-10-4-6(11-7)5-1-2-9-3-5;;/h4-5,9H,1-3H2;2*1H. The first kappa shape index (κ1) is 13.5. The average Bonchev–Trinajstić information content (AvgIpc) is 2.55. The zero-order valence-electron chi connectivity index (χ0n) is 6.83. The third kappa shape index (κ3) is 3.26. The number of aromatic nitrogens is 1. The monoisotopic (exact) mass is 260 g/mol. The third-order valence-corrected chi connectivity index (χ3v) is 3.24. The quantitative estimate of drug-likeness (QED) is 0.841. The number of rotatable bonds is 1. The van der Waals surface area contributed by atoms with Crippen LogP contribution in [0.4, 0.5) is 0 Å². The SMILES string of the molecule is Cl.Cl.Clc1ncc(C2CCNC2)s1. The summed E-state index contributed by atoms with van der Waals surface area (Å²) in [6, 6.07) is 0. The molecular weight excluding hydrogens is 251 g/mol. The summed E-state index contributed by atoms with van der Waals surface area (Å²) in [7, 11) is 0. The van der Waals surface area contributed by atoms with Crippen molar-refractivity contribution >= 4 is 47.8 Å². The summed E-state index contributed by atoms with van der Waals surface area (Å²) in [5, 5.41) is 3.32. The average molecular weight is 262 g/mol. The van der Waals surface area contributed by atoms with Crippen molar-refractivity contribution in [2.24, 2.45) is 0 Å². The highest BCUT2D eigenvalue weighted by Gasteiger charge is 2.18. The molecule has 1 aromatic heterocycles. The predicted molar refractivity (Wildman–Crippen MR) is 61.8 cm³/mol. The second-order valence-corrected chi connectivity index (χ2v) is 4.35. The minimum Gasteiger partial charge on any atom is -0.316 e. The van der Waals surface area contributed by atoms with Gasteiger partial charge >= 0.3 is 0 Å². The fraction of sp³-hybridized carbons (Fsp3) is 0.571. The van der Waals surface area contributed by atoms with E-state index in [4.69, 9.17) is 11.6 Å².